The molecule has 0 spiro atoms. The number of aromatic nitrogens is 4. The van der Waals surface area contributed by atoms with E-state index in [9.17, 15) is 9.59 Å². The zero-order valence-electron chi connectivity index (χ0n) is 16.6. The number of carbonyl (C=O) groups is 1. The van der Waals surface area contributed by atoms with Crippen LogP contribution in [-0.2, 0) is 17.9 Å². The molecule has 0 bridgehead atoms. The van der Waals surface area contributed by atoms with E-state index in [1.165, 1.54) is 4.68 Å². The number of fused-ring (bicyclic) bond motifs is 1. The highest BCUT2D eigenvalue weighted by molar-refractivity contribution is 5.83. The Morgan fingerprint density at radius 1 is 1.03 bits per heavy atom. The molecule has 7 heteroatoms. The first-order valence-electron chi connectivity index (χ1n) is 10.3. The van der Waals surface area contributed by atoms with E-state index in [-0.39, 0.29) is 18.1 Å². The van der Waals surface area contributed by atoms with Crippen LogP contribution in [0.2, 0.25) is 0 Å². The van der Waals surface area contributed by atoms with Crippen molar-refractivity contribution in [2.24, 2.45) is 0 Å². The first-order valence-corrected chi connectivity index (χ1v) is 10.3. The van der Waals surface area contributed by atoms with Crippen LogP contribution in [0, 0.1) is 0 Å². The molecule has 1 aliphatic carbocycles. The van der Waals surface area contributed by atoms with Crippen LogP contribution in [0.5, 0.6) is 0 Å². The van der Waals surface area contributed by atoms with E-state index >= 15 is 0 Å². The Morgan fingerprint density at radius 3 is 2.60 bits per heavy atom. The summed E-state index contributed by atoms with van der Waals surface area (Å²) in [5.74, 6) is 1.07. The number of carbonyl (C=O) groups excluding carboxylic acids is 1. The lowest BCUT2D eigenvalue weighted by molar-refractivity contribution is -0.121. The molecule has 2 heterocycles. The minimum Gasteiger partial charge on any atom is -0.353 e. The summed E-state index contributed by atoms with van der Waals surface area (Å²) in [5.41, 5.74) is 1.70. The molecule has 0 saturated heterocycles. The highest BCUT2D eigenvalue weighted by atomic mass is 16.2. The van der Waals surface area contributed by atoms with Crippen LogP contribution in [-0.4, -0.2) is 31.4 Å². The summed E-state index contributed by atoms with van der Waals surface area (Å²) < 4.78 is 5.09. The van der Waals surface area contributed by atoms with E-state index in [0.29, 0.717) is 19.0 Å². The van der Waals surface area contributed by atoms with E-state index in [0.717, 1.165) is 35.3 Å². The van der Waals surface area contributed by atoms with E-state index in [1.54, 1.807) is 4.57 Å². The van der Waals surface area contributed by atoms with Crippen molar-refractivity contribution in [1.29, 1.82) is 0 Å². The van der Waals surface area contributed by atoms with Gasteiger partial charge in [0.15, 0.2) is 0 Å². The van der Waals surface area contributed by atoms with Gasteiger partial charge in [-0.15, -0.1) is 0 Å². The SMILES string of the molecule is O=C(Cn1ccc2ccccc21)NCCn1nc(C2CC2)n(-c2ccccc2)c1=O. The Bertz CT molecular complexity index is 1250. The lowest BCUT2D eigenvalue weighted by Crippen LogP contribution is -2.33. The quantitative estimate of drug-likeness (QED) is 0.517. The minimum atomic E-state index is -0.159. The van der Waals surface area contributed by atoms with Gasteiger partial charge in [-0.1, -0.05) is 36.4 Å². The number of amides is 1. The second-order valence-electron chi connectivity index (χ2n) is 7.66. The van der Waals surface area contributed by atoms with E-state index in [4.69, 9.17) is 0 Å². The van der Waals surface area contributed by atoms with Crippen molar-refractivity contribution in [2.45, 2.75) is 31.8 Å². The molecule has 0 unspecified atom stereocenters. The summed E-state index contributed by atoms with van der Waals surface area (Å²) in [4.78, 5) is 25.3. The zero-order chi connectivity index (χ0) is 20.5. The van der Waals surface area contributed by atoms with Crippen molar-refractivity contribution in [3.05, 3.63) is 83.2 Å². The Hall–Kier alpha value is -3.61. The Labute approximate surface area is 173 Å². The molecule has 1 amide bonds. The number of benzene rings is 2. The van der Waals surface area contributed by atoms with Gasteiger partial charge in [0.05, 0.1) is 12.2 Å². The highest BCUT2D eigenvalue weighted by Gasteiger charge is 2.31. The van der Waals surface area contributed by atoms with Crippen LogP contribution in [0.1, 0.15) is 24.6 Å². The monoisotopic (exact) mass is 401 g/mol. The standard InChI is InChI=1S/C23H23N5O2/c29-21(16-26-14-12-17-6-4-5-9-20(17)26)24-13-15-27-23(30)28(19-7-2-1-3-8-19)22(25-27)18-10-11-18/h1-9,12,14,18H,10-11,13,15-16H2,(H,24,29). The fourth-order valence-corrected chi connectivity index (χ4v) is 3.79. The second-order valence-corrected chi connectivity index (χ2v) is 7.66. The van der Waals surface area contributed by atoms with Gasteiger partial charge in [-0.25, -0.2) is 14.0 Å². The molecule has 0 atom stereocenters. The molecule has 152 valence electrons. The molecule has 1 fully saturated rings. The first-order chi connectivity index (χ1) is 14.7. The van der Waals surface area contributed by atoms with Gasteiger partial charge in [-0.05, 0) is 42.5 Å². The predicted molar refractivity (Wildman–Crippen MR) is 115 cm³/mol. The number of para-hydroxylation sites is 2. The van der Waals surface area contributed by atoms with Crippen molar-refractivity contribution in [3.8, 4) is 5.69 Å². The molecule has 5 rings (SSSR count). The van der Waals surface area contributed by atoms with E-state index in [2.05, 4.69) is 10.4 Å². The van der Waals surface area contributed by atoms with Crippen LogP contribution in [0.4, 0.5) is 0 Å². The largest absolute Gasteiger partial charge is 0.353 e. The smallest absolute Gasteiger partial charge is 0.350 e. The maximum absolute atomic E-state index is 12.9. The number of rotatable bonds is 7. The molecule has 7 nitrogen and oxygen atoms in total. The fraction of sp³-hybridized carbons (Fsp3) is 0.261. The topological polar surface area (TPSA) is 73.8 Å². The molecule has 1 N–H and O–H groups in total. The van der Waals surface area contributed by atoms with Crippen molar-refractivity contribution in [1.82, 2.24) is 24.2 Å². The van der Waals surface area contributed by atoms with Gasteiger partial charge in [-0.2, -0.15) is 5.10 Å². The van der Waals surface area contributed by atoms with Crippen molar-refractivity contribution >= 4 is 16.8 Å². The predicted octanol–water partition coefficient (Wildman–Crippen LogP) is 2.68. The van der Waals surface area contributed by atoms with Crippen molar-refractivity contribution < 1.29 is 4.79 Å². The first kappa shape index (κ1) is 18.4. The molecule has 4 aromatic rings. The molecule has 30 heavy (non-hydrogen) atoms. The van der Waals surface area contributed by atoms with Crippen molar-refractivity contribution in [2.75, 3.05) is 6.54 Å². The third-order valence-electron chi connectivity index (χ3n) is 5.46. The second kappa shape index (κ2) is 7.67. The van der Waals surface area contributed by atoms with E-state index < -0.39 is 0 Å². The lowest BCUT2D eigenvalue weighted by atomic mass is 10.2. The summed E-state index contributed by atoms with van der Waals surface area (Å²) in [6.07, 6.45) is 4.04. The average molecular weight is 401 g/mol. The fourth-order valence-electron chi connectivity index (χ4n) is 3.79. The summed E-state index contributed by atoms with van der Waals surface area (Å²) in [7, 11) is 0. The summed E-state index contributed by atoms with van der Waals surface area (Å²) in [5, 5.41) is 8.59. The third-order valence-corrected chi connectivity index (χ3v) is 5.46. The molecule has 1 aliphatic rings. The Balaban J connectivity index is 1.27. The van der Waals surface area contributed by atoms with Gasteiger partial charge in [0.25, 0.3) is 0 Å². The number of nitrogens with one attached hydrogen (secondary N) is 1. The molecular weight excluding hydrogens is 378 g/mol. The molecule has 2 aromatic heterocycles. The number of nitrogens with zero attached hydrogens (tertiary/aromatic N) is 4. The van der Waals surface area contributed by atoms with E-state index in [1.807, 2.05) is 71.4 Å². The molecular formula is C23H23N5O2. The van der Waals surface area contributed by atoms with Crippen molar-refractivity contribution in [3.63, 3.8) is 0 Å². The maximum Gasteiger partial charge on any atom is 0.350 e. The van der Waals surface area contributed by atoms with Gasteiger partial charge in [0, 0.05) is 24.2 Å². The molecule has 0 radical (unpaired) electrons. The van der Waals surface area contributed by atoms with Crippen LogP contribution < -0.4 is 11.0 Å². The van der Waals surface area contributed by atoms with Crippen LogP contribution in [0.25, 0.3) is 16.6 Å². The van der Waals surface area contributed by atoms with Gasteiger partial charge in [0.2, 0.25) is 5.91 Å². The van der Waals surface area contributed by atoms with Gasteiger partial charge < -0.3 is 9.88 Å². The highest BCUT2D eigenvalue weighted by Crippen LogP contribution is 2.39. The minimum absolute atomic E-state index is 0.0886. The summed E-state index contributed by atoms with van der Waals surface area (Å²) in [6, 6.07) is 19.6. The zero-order valence-corrected chi connectivity index (χ0v) is 16.6. The normalized spacial score (nSPS) is 13.6. The summed E-state index contributed by atoms with van der Waals surface area (Å²) >= 11 is 0. The van der Waals surface area contributed by atoms with Gasteiger partial charge in [0.1, 0.15) is 12.4 Å². The number of hydrogen-bond acceptors (Lipinski definition) is 3. The van der Waals surface area contributed by atoms with Crippen LogP contribution in [0.3, 0.4) is 0 Å². The Kier molecular flexibility index (Phi) is 4.71. The molecule has 0 aliphatic heterocycles. The maximum atomic E-state index is 12.9. The van der Waals surface area contributed by atoms with Crippen LogP contribution in [0.15, 0.2) is 71.7 Å². The average Bonchev–Trinajstić information content (AvgIpc) is 3.46. The Morgan fingerprint density at radius 2 is 1.80 bits per heavy atom. The summed E-state index contributed by atoms with van der Waals surface area (Å²) in [6.45, 7) is 0.943. The molecule has 2 aromatic carbocycles. The van der Waals surface area contributed by atoms with Gasteiger partial charge >= 0.3 is 5.69 Å². The van der Waals surface area contributed by atoms with Gasteiger partial charge in [-0.3, -0.25) is 4.79 Å². The number of hydrogen-bond donors (Lipinski definition) is 1. The molecule has 1 saturated carbocycles. The van der Waals surface area contributed by atoms with Crippen LogP contribution >= 0.6 is 0 Å². The third kappa shape index (κ3) is 3.54. The lowest BCUT2D eigenvalue weighted by Gasteiger charge is -2.07.